The van der Waals surface area contributed by atoms with Crippen LogP contribution in [0.4, 0.5) is 4.79 Å². The molecule has 0 aliphatic rings. The van der Waals surface area contributed by atoms with E-state index in [1.54, 1.807) is 18.7 Å². The number of hydrogen-bond donors (Lipinski definition) is 2. The molecule has 0 spiro atoms. The maximum absolute atomic E-state index is 12.0. The van der Waals surface area contributed by atoms with Crippen LogP contribution in [-0.4, -0.2) is 38.1 Å². The Balaban J connectivity index is 1.86. The van der Waals surface area contributed by atoms with Crippen LogP contribution in [0.25, 0.3) is 10.3 Å². The molecule has 3 rings (SSSR count). The van der Waals surface area contributed by atoms with Crippen molar-refractivity contribution in [2.24, 2.45) is 0 Å². The first-order chi connectivity index (χ1) is 11.1. The number of hydrogen-bond acceptors (Lipinski definition) is 5. The largest absolute Gasteiger partial charge is 0.341 e. The van der Waals surface area contributed by atoms with E-state index < -0.39 is 11.9 Å². The first kappa shape index (κ1) is 15.2. The lowest BCUT2D eigenvalue weighted by Gasteiger charge is -2.06. The summed E-state index contributed by atoms with van der Waals surface area (Å²) in [6.45, 7) is 3.52. The van der Waals surface area contributed by atoms with Crippen LogP contribution in [-0.2, 0) is 13.1 Å². The number of carbonyl (C=O) groups is 2. The maximum Gasteiger partial charge on any atom is 0.321 e. The summed E-state index contributed by atoms with van der Waals surface area (Å²) in [6, 6.07) is 1.22. The molecular formula is C14H16N6O2S. The van der Waals surface area contributed by atoms with Gasteiger partial charge in [0.25, 0.3) is 5.91 Å². The van der Waals surface area contributed by atoms with Crippen molar-refractivity contribution < 1.29 is 9.59 Å². The Morgan fingerprint density at radius 2 is 2.13 bits per heavy atom. The first-order valence-electron chi connectivity index (χ1n) is 7.09. The van der Waals surface area contributed by atoms with E-state index in [0.717, 1.165) is 22.6 Å². The number of urea groups is 1. The Morgan fingerprint density at radius 1 is 1.30 bits per heavy atom. The molecule has 0 bridgehead atoms. The smallest absolute Gasteiger partial charge is 0.321 e. The van der Waals surface area contributed by atoms with Crippen molar-refractivity contribution in [2.45, 2.75) is 20.0 Å². The number of thiophene rings is 1. The average Bonchev–Trinajstić information content (AvgIpc) is 3.24. The number of carbonyl (C=O) groups excluding carboxylic acids is 2. The Hall–Kier alpha value is -2.68. The lowest BCUT2D eigenvalue weighted by atomic mass is 10.4. The molecule has 3 aromatic heterocycles. The second-order valence-corrected chi connectivity index (χ2v) is 5.91. The number of nitrogens with one attached hydrogen (secondary N) is 2. The highest BCUT2D eigenvalue weighted by Gasteiger charge is 2.16. The first-order valence-corrected chi connectivity index (χ1v) is 7.90. The van der Waals surface area contributed by atoms with Gasteiger partial charge in [0, 0.05) is 19.8 Å². The summed E-state index contributed by atoms with van der Waals surface area (Å²) >= 11 is 1.25. The van der Waals surface area contributed by atoms with E-state index in [2.05, 4.69) is 32.1 Å². The van der Waals surface area contributed by atoms with Crippen LogP contribution in [0, 0.1) is 0 Å². The standard InChI is InChI=1S/C14H16N6O2S/c1-3-19-7-16-5-9(19)6-20-8-17-13-10(20)4-11(23-13)12(21)18-14(22)15-2/h4-5,7-8H,3,6H2,1-2H3,(H2,15,18,21,22). The molecule has 3 amide bonds. The van der Waals surface area contributed by atoms with Gasteiger partial charge in [-0.1, -0.05) is 0 Å². The summed E-state index contributed by atoms with van der Waals surface area (Å²) < 4.78 is 4.02. The Labute approximate surface area is 136 Å². The van der Waals surface area contributed by atoms with Gasteiger partial charge in [-0.15, -0.1) is 11.3 Å². The van der Waals surface area contributed by atoms with Crippen LogP contribution in [0.5, 0.6) is 0 Å². The minimum Gasteiger partial charge on any atom is -0.341 e. The lowest BCUT2D eigenvalue weighted by Crippen LogP contribution is -2.36. The minimum atomic E-state index is -0.532. The van der Waals surface area contributed by atoms with Crippen LogP contribution in [0.3, 0.4) is 0 Å². The molecule has 8 nitrogen and oxygen atoms in total. The summed E-state index contributed by atoms with van der Waals surface area (Å²) in [7, 11) is 1.46. The van der Waals surface area contributed by atoms with E-state index in [9.17, 15) is 9.59 Å². The van der Waals surface area contributed by atoms with E-state index >= 15 is 0 Å². The molecule has 9 heteroatoms. The van der Waals surface area contributed by atoms with Crippen LogP contribution < -0.4 is 10.6 Å². The van der Waals surface area contributed by atoms with Gasteiger partial charge in [0.2, 0.25) is 0 Å². The van der Waals surface area contributed by atoms with Crippen molar-refractivity contribution in [3.63, 3.8) is 0 Å². The monoisotopic (exact) mass is 332 g/mol. The number of amides is 3. The molecule has 0 aliphatic carbocycles. The summed E-state index contributed by atoms with van der Waals surface area (Å²) in [5.74, 6) is -0.433. The highest BCUT2D eigenvalue weighted by molar-refractivity contribution is 7.20. The van der Waals surface area contributed by atoms with Crippen molar-refractivity contribution in [3.05, 3.63) is 35.5 Å². The summed E-state index contributed by atoms with van der Waals surface area (Å²) in [5.41, 5.74) is 1.93. The van der Waals surface area contributed by atoms with Crippen LogP contribution in [0.2, 0.25) is 0 Å². The van der Waals surface area contributed by atoms with Gasteiger partial charge >= 0.3 is 6.03 Å². The Morgan fingerprint density at radius 3 is 2.87 bits per heavy atom. The highest BCUT2D eigenvalue weighted by Crippen LogP contribution is 2.25. The fourth-order valence-corrected chi connectivity index (χ4v) is 3.16. The molecule has 2 N–H and O–H groups in total. The molecule has 0 saturated heterocycles. The van der Waals surface area contributed by atoms with E-state index in [-0.39, 0.29) is 0 Å². The van der Waals surface area contributed by atoms with Crippen LogP contribution in [0.1, 0.15) is 22.3 Å². The molecule has 23 heavy (non-hydrogen) atoms. The van der Waals surface area contributed by atoms with Gasteiger partial charge in [0.15, 0.2) is 0 Å². The van der Waals surface area contributed by atoms with Crippen LogP contribution >= 0.6 is 11.3 Å². The van der Waals surface area contributed by atoms with E-state index in [0.29, 0.717) is 11.4 Å². The normalized spacial score (nSPS) is 10.9. The zero-order chi connectivity index (χ0) is 16.4. The third kappa shape index (κ3) is 2.95. The van der Waals surface area contributed by atoms with Gasteiger partial charge in [0.05, 0.1) is 35.3 Å². The van der Waals surface area contributed by atoms with Gasteiger partial charge in [-0.05, 0) is 13.0 Å². The molecule has 0 atom stereocenters. The predicted octanol–water partition coefficient (Wildman–Crippen LogP) is 1.43. The zero-order valence-electron chi connectivity index (χ0n) is 12.7. The predicted molar refractivity (Wildman–Crippen MR) is 86.5 cm³/mol. The molecule has 0 radical (unpaired) electrons. The molecule has 0 aromatic carbocycles. The topological polar surface area (TPSA) is 93.8 Å². The van der Waals surface area contributed by atoms with Crippen molar-refractivity contribution >= 4 is 33.6 Å². The van der Waals surface area contributed by atoms with E-state index in [1.807, 2.05) is 10.8 Å². The fraction of sp³-hybridized carbons (Fsp3) is 0.286. The molecule has 0 aliphatic heterocycles. The minimum absolute atomic E-state index is 0.433. The number of aryl methyl sites for hydroxylation is 1. The van der Waals surface area contributed by atoms with Gasteiger partial charge in [0.1, 0.15) is 4.83 Å². The molecule has 3 aromatic rings. The van der Waals surface area contributed by atoms with Gasteiger partial charge in [-0.2, -0.15) is 0 Å². The summed E-state index contributed by atoms with van der Waals surface area (Å²) in [5, 5.41) is 4.60. The quantitative estimate of drug-likeness (QED) is 0.756. The summed E-state index contributed by atoms with van der Waals surface area (Å²) in [4.78, 5) is 32.9. The molecule has 120 valence electrons. The average molecular weight is 332 g/mol. The number of imide groups is 1. The molecule has 0 saturated carbocycles. The Kier molecular flexibility index (Phi) is 4.11. The van der Waals surface area contributed by atoms with Gasteiger partial charge < -0.3 is 14.5 Å². The molecule has 0 fully saturated rings. The number of imidazole rings is 2. The summed E-state index contributed by atoms with van der Waals surface area (Å²) in [6.07, 6.45) is 5.36. The second kappa shape index (κ2) is 6.21. The number of nitrogens with zero attached hydrogens (tertiary/aromatic N) is 4. The third-order valence-corrected chi connectivity index (χ3v) is 4.50. The molecule has 0 unspecified atom stereocenters. The number of rotatable bonds is 4. The van der Waals surface area contributed by atoms with Crippen LogP contribution in [0.15, 0.2) is 24.9 Å². The van der Waals surface area contributed by atoms with Crippen molar-refractivity contribution in [1.82, 2.24) is 29.7 Å². The zero-order valence-corrected chi connectivity index (χ0v) is 13.6. The number of aromatic nitrogens is 4. The SMILES string of the molecule is CCn1cncc1Cn1cnc2sc(C(=O)NC(=O)NC)cc21. The maximum atomic E-state index is 12.0. The van der Waals surface area contributed by atoms with Crippen molar-refractivity contribution in [3.8, 4) is 0 Å². The fourth-order valence-electron chi connectivity index (χ4n) is 2.26. The second-order valence-electron chi connectivity index (χ2n) is 4.88. The lowest BCUT2D eigenvalue weighted by molar-refractivity contribution is 0.0968. The Bertz CT molecular complexity index is 862. The highest BCUT2D eigenvalue weighted by atomic mass is 32.1. The van der Waals surface area contributed by atoms with E-state index in [4.69, 9.17) is 0 Å². The van der Waals surface area contributed by atoms with Crippen molar-refractivity contribution in [2.75, 3.05) is 7.05 Å². The molecule has 3 heterocycles. The number of fused-ring (bicyclic) bond motifs is 1. The molecular weight excluding hydrogens is 316 g/mol. The van der Waals surface area contributed by atoms with Gasteiger partial charge in [-0.3, -0.25) is 10.1 Å². The van der Waals surface area contributed by atoms with E-state index in [1.165, 1.54) is 18.4 Å². The van der Waals surface area contributed by atoms with Crippen molar-refractivity contribution in [1.29, 1.82) is 0 Å². The third-order valence-electron chi connectivity index (χ3n) is 3.47. The van der Waals surface area contributed by atoms with Gasteiger partial charge in [-0.25, -0.2) is 14.8 Å².